The Morgan fingerprint density at radius 1 is 0.765 bits per heavy atom. The van der Waals surface area contributed by atoms with Gasteiger partial charge in [-0.05, 0) is 68.6 Å². The monoisotopic (exact) mass is 238 g/mol. The van der Waals surface area contributed by atoms with Crippen LogP contribution in [0.15, 0.2) is 0 Å². The first kappa shape index (κ1) is 12.0. The normalized spacial score (nSPS) is 60.4. The summed E-state index contributed by atoms with van der Waals surface area (Å²) >= 11 is 0. The van der Waals surface area contributed by atoms with Crippen LogP contribution >= 0.6 is 0 Å². The van der Waals surface area contributed by atoms with Crippen LogP contribution in [0.25, 0.3) is 0 Å². The molecule has 3 aliphatic rings. The van der Waals surface area contributed by atoms with Crippen LogP contribution in [0.3, 0.4) is 0 Å². The van der Waals surface area contributed by atoms with Gasteiger partial charge in [0.05, 0.1) is 11.2 Å². The minimum absolute atomic E-state index is 0.300. The van der Waals surface area contributed by atoms with Crippen molar-refractivity contribution < 1.29 is 10.2 Å². The fraction of sp³-hybridized carbons (Fsp3) is 1.00. The second kappa shape index (κ2) is 3.08. The molecule has 0 aromatic rings. The van der Waals surface area contributed by atoms with E-state index in [1.165, 1.54) is 0 Å². The van der Waals surface area contributed by atoms with Gasteiger partial charge >= 0.3 is 0 Å². The Morgan fingerprint density at radius 3 is 1.94 bits per heavy atom. The highest BCUT2D eigenvalue weighted by Gasteiger charge is 2.69. The molecule has 6 atom stereocenters. The molecule has 3 saturated carbocycles. The van der Waals surface area contributed by atoms with Crippen molar-refractivity contribution in [3.05, 3.63) is 0 Å². The molecule has 0 saturated heterocycles. The van der Waals surface area contributed by atoms with Gasteiger partial charge < -0.3 is 10.2 Å². The molecule has 0 aromatic heterocycles. The number of rotatable bonds is 0. The molecule has 0 bridgehead atoms. The highest BCUT2D eigenvalue weighted by Crippen LogP contribution is 2.71. The molecular weight excluding hydrogens is 212 g/mol. The summed E-state index contributed by atoms with van der Waals surface area (Å²) in [6, 6.07) is 0. The molecule has 17 heavy (non-hydrogen) atoms. The van der Waals surface area contributed by atoms with Crippen LogP contribution in [0, 0.1) is 29.1 Å². The van der Waals surface area contributed by atoms with Crippen molar-refractivity contribution in [3.63, 3.8) is 0 Å². The van der Waals surface area contributed by atoms with Gasteiger partial charge in [0.25, 0.3) is 0 Å². The summed E-state index contributed by atoms with van der Waals surface area (Å²) in [6.45, 7) is 8.66. The lowest BCUT2D eigenvalue weighted by atomic mass is 9.73. The predicted molar refractivity (Wildman–Crippen MR) is 67.5 cm³/mol. The van der Waals surface area contributed by atoms with E-state index in [9.17, 15) is 10.2 Å². The van der Waals surface area contributed by atoms with E-state index >= 15 is 0 Å². The van der Waals surface area contributed by atoms with E-state index in [4.69, 9.17) is 0 Å². The van der Waals surface area contributed by atoms with Gasteiger partial charge in [-0.2, -0.15) is 0 Å². The largest absolute Gasteiger partial charge is 0.390 e. The second-order valence-corrected chi connectivity index (χ2v) is 7.88. The van der Waals surface area contributed by atoms with Gasteiger partial charge in [-0.15, -0.1) is 0 Å². The Hall–Kier alpha value is -0.0800. The molecule has 2 heteroatoms. The fourth-order valence-corrected chi connectivity index (χ4v) is 5.25. The maximum absolute atomic E-state index is 10.7. The SMILES string of the molecule is CC1(C)[C@@H]2[C@H]3[C@H](CC[C@@]3(C)O)[C@@](C)(O)CC[C@@H]21. The van der Waals surface area contributed by atoms with Gasteiger partial charge in [0.1, 0.15) is 0 Å². The van der Waals surface area contributed by atoms with E-state index in [1.807, 2.05) is 13.8 Å². The molecule has 3 fully saturated rings. The number of hydrogen-bond acceptors (Lipinski definition) is 2. The molecule has 2 nitrogen and oxygen atoms in total. The maximum Gasteiger partial charge on any atom is 0.0654 e. The van der Waals surface area contributed by atoms with Gasteiger partial charge in [0.15, 0.2) is 0 Å². The van der Waals surface area contributed by atoms with Crippen LogP contribution in [0.5, 0.6) is 0 Å². The predicted octanol–water partition coefficient (Wildman–Crippen LogP) is 2.58. The van der Waals surface area contributed by atoms with E-state index < -0.39 is 11.2 Å². The highest BCUT2D eigenvalue weighted by molar-refractivity contribution is 5.18. The molecule has 2 N–H and O–H groups in total. The number of hydrogen-bond donors (Lipinski definition) is 2. The van der Waals surface area contributed by atoms with E-state index in [-0.39, 0.29) is 0 Å². The Kier molecular flexibility index (Phi) is 2.17. The van der Waals surface area contributed by atoms with Gasteiger partial charge in [-0.25, -0.2) is 0 Å². The van der Waals surface area contributed by atoms with Crippen LogP contribution in [0.1, 0.15) is 53.4 Å². The summed E-state index contributed by atoms with van der Waals surface area (Å²) in [5.74, 6) is 1.95. The van der Waals surface area contributed by atoms with Gasteiger partial charge in [0, 0.05) is 0 Å². The van der Waals surface area contributed by atoms with Crippen LogP contribution in [-0.4, -0.2) is 21.4 Å². The molecule has 3 rings (SSSR count). The zero-order valence-corrected chi connectivity index (χ0v) is 11.5. The summed E-state index contributed by atoms with van der Waals surface area (Å²) in [5, 5.41) is 21.3. The van der Waals surface area contributed by atoms with Gasteiger partial charge in [-0.1, -0.05) is 13.8 Å². The molecule has 0 heterocycles. The molecule has 0 aromatic carbocycles. The molecule has 0 unspecified atom stereocenters. The molecule has 0 spiro atoms. The molecule has 0 amide bonds. The first-order valence-electron chi connectivity index (χ1n) is 7.13. The molecule has 98 valence electrons. The first-order valence-corrected chi connectivity index (χ1v) is 7.13. The highest BCUT2D eigenvalue weighted by atomic mass is 16.3. The van der Waals surface area contributed by atoms with Crippen LogP contribution in [-0.2, 0) is 0 Å². The van der Waals surface area contributed by atoms with E-state index in [0.717, 1.165) is 25.7 Å². The van der Waals surface area contributed by atoms with Gasteiger partial charge in [-0.3, -0.25) is 0 Å². The topological polar surface area (TPSA) is 40.5 Å². The first-order chi connectivity index (χ1) is 7.68. The Bertz CT molecular complexity index is 343. The Balaban J connectivity index is 1.99. The average Bonchev–Trinajstić information content (AvgIpc) is 2.59. The zero-order valence-electron chi connectivity index (χ0n) is 11.5. The Morgan fingerprint density at radius 2 is 1.29 bits per heavy atom. The van der Waals surface area contributed by atoms with Gasteiger partial charge in [0.2, 0.25) is 0 Å². The standard InChI is InChI=1S/C15H26O2/c1-13(2)9-5-7-14(3,16)10-6-8-15(4,17)12(10)11(9)13/h9-12,16-17H,5-8H2,1-4H3/t9-,10-,11-,12+,14-,15+/m0/s1. The lowest BCUT2D eigenvalue weighted by molar-refractivity contribution is -0.0663. The average molecular weight is 238 g/mol. The quantitative estimate of drug-likeness (QED) is 0.681. The van der Waals surface area contributed by atoms with Crippen LogP contribution < -0.4 is 0 Å². The van der Waals surface area contributed by atoms with Crippen LogP contribution in [0.4, 0.5) is 0 Å². The van der Waals surface area contributed by atoms with E-state index in [2.05, 4.69) is 13.8 Å². The summed E-state index contributed by atoms with van der Waals surface area (Å²) < 4.78 is 0. The fourth-order valence-electron chi connectivity index (χ4n) is 5.25. The molecule has 0 aliphatic heterocycles. The van der Waals surface area contributed by atoms with E-state index in [1.54, 1.807) is 0 Å². The van der Waals surface area contributed by atoms with E-state index in [0.29, 0.717) is 29.1 Å². The summed E-state index contributed by atoms with van der Waals surface area (Å²) in [7, 11) is 0. The smallest absolute Gasteiger partial charge is 0.0654 e. The summed E-state index contributed by atoms with van der Waals surface area (Å²) in [5.41, 5.74) is -0.738. The maximum atomic E-state index is 10.7. The number of aliphatic hydroxyl groups is 2. The second-order valence-electron chi connectivity index (χ2n) is 7.88. The summed E-state index contributed by atoms with van der Waals surface area (Å²) in [6.07, 6.45) is 3.89. The van der Waals surface area contributed by atoms with Crippen molar-refractivity contribution in [1.82, 2.24) is 0 Å². The van der Waals surface area contributed by atoms with Crippen molar-refractivity contribution in [2.45, 2.75) is 64.6 Å². The van der Waals surface area contributed by atoms with Crippen molar-refractivity contribution in [3.8, 4) is 0 Å². The Labute approximate surface area is 104 Å². The summed E-state index contributed by atoms with van der Waals surface area (Å²) in [4.78, 5) is 0. The zero-order chi connectivity index (χ0) is 12.6. The minimum atomic E-state index is -0.561. The molecule has 0 radical (unpaired) electrons. The third-order valence-corrected chi connectivity index (χ3v) is 6.40. The van der Waals surface area contributed by atoms with Crippen LogP contribution in [0.2, 0.25) is 0 Å². The molecular formula is C15H26O2. The lowest BCUT2D eigenvalue weighted by Gasteiger charge is -2.37. The van der Waals surface area contributed by atoms with Crippen molar-refractivity contribution in [2.75, 3.05) is 0 Å². The minimum Gasteiger partial charge on any atom is -0.390 e. The lowest BCUT2D eigenvalue weighted by Crippen LogP contribution is -2.43. The number of fused-ring (bicyclic) bond motifs is 3. The van der Waals surface area contributed by atoms with Crippen molar-refractivity contribution in [2.24, 2.45) is 29.1 Å². The molecule has 3 aliphatic carbocycles. The third-order valence-electron chi connectivity index (χ3n) is 6.40. The third kappa shape index (κ3) is 1.46. The van der Waals surface area contributed by atoms with Crippen molar-refractivity contribution in [1.29, 1.82) is 0 Å². The van der Waals surface area contributed by atoms with Crippen molar-refractivity contribution >= 4 is 0 Å².